The normalized spacial score (nSPS) is 24.9. The number of hydrogen-bond donors (Lipinski definition) is 1. The fraction of sp³-hybridized carbons (Fsp3) is 0.375. The van der Waals surface area contributed by atoms with Gasteiger partial charge in [-0.05, 0) is 41.5 Å². The molecule has 18 heavy (non-hydrogen) atoms. The van der Waals surface area contributed by atoms with Crippen LogP contribution in [0.2, 0.25) is 0 Å². The molecule has 0 aliphatic carbocycles. The first-order chi connectivity index (χ1) is 8.83. The average molecular weight is 257 g/mol. The molecule has 0 radical (unpaired) electrons. The van der Waals surface area contributed by atoms with Crippen molar-refractivity contribution in [1.82, 2.24) is 5.32 Å². The molecule has 1 heterocycles. The van der Waals surface area contributed by atoms with E-state index in [9.17, 15) is 0 Å². The maximum atomic E-state index is 3.74. The molecule has 3 rings (SSSR count). The molecule has 1 nitrogen and oxygen atoms in total. The topological polar surface area (TPSA) is 12.0 Å². The van der Waals surface area contributed by atoms with E-state index >= 15 is 0 Å². The Morgan fingerprint density at radius 3 is 2.83 bits per heavy atom. The molecule has 1 saturated heterocycles. The highest BCUT2D eigenvalue weighted by Gasteiger charge is 2.18. The van der Waals surface area contributed by atoms with Crippen LogP contribution in [-0.4, -0.2) is 17.5 Å². The van der Waals surface area contributed by atoms with Crippen LogP contribution in [0.25, 0.3) is 10.8 Å². The molecular weight excluding hydrogens is 238 g/mol. The molecular formula is C16H19NS. The fourth-order valence-corrected chi connectivity index (χ4v) is 3.76. The largest absolute Gasteiger partial charge is 0.307 e. The quantitative estimate of drug-likeness (QED) is 0.829. The van der Waals surface area contributed by atoms with Crippen molar-refractivity contribution >= 4 is 22.5 Å². The van der Waals surface area contributed by atoms with Crippen molar-refractivity contribution in [2.24, 2.45) is 0 Å². The number of benzene rings is 2. The summed E-state index contributed by atoms with van der Waals surface area (Å²) in [5, 5.41) is 6.41. The Morgan fingerprint density at radius 1 is 1.11 bits per heavy atom. The molecule has 1 aliphatic rings. The van der Waals surface area contributed by atoms with E-state index in [-0.39, 0.29) is 0 Å². The van der Waals surface area contributed by atoms with E-state index in [4.69, 9.17) is 0 Å². The van der Waals surface area contributed by atoms with E-state index in [0.717, 1.165) is 0 Å². The summed E-state index contributed by atoms with van der Waals surface area (Å²) < 4.78 is 0. The smallest absolute Gasteiger partial charge is 0.0414 e. The van der Waals surface area contributed by atoms with Gasteiger partial charge in [0.25, 0.3) is 0 Å². The van der Waals surface area contributed by atoms with E-state index in [0.29, 0.717) is 12.1 Å². The van der Waals surface area contributed by atoms with E-state index < -0.39 is 0 Å². The zero-order valence-electron chi connectivity index (χ0n) is 10.7. The van der Waals surface area contributed by atoms with E-state index in [1.54, 1.807) is 0 Å². The van der Waals surface area contributed by atoms with Crippen molar-refractivity contribution in [2.75, 3.05) is 11.5 Å². The van der Waals surface area contributed by atoms with Crippen molar-refractivity contribution in [3.8, 4) is 0 Å². The van der Waals surface area contributed by atoms with Crippen LogP contribution in [0.15, 0.2) is 42.5 Å². The highest BCUT2D eigenvalue weighted by molar-refractivity contribution is 7.99. The molecule has 0 saturated carbocycles. The minimum Gasteiger partial charge on any atom is -0.307 e. The summed E-state index contributed by atoms with van der Waals surface area (Å²) in [6.07, 6.45) is 1.27. The van der Waals surface area contributed by atoms with E-state index in [1.807, 2.05) is 0 Å². The number of thioether (sulfide) groups is 1. The lowest BCUT2D eigenvalue weighted by Gasteiger charge is -2.20. The molecule has 1 aliphatic heterocycles. The summed E-state index contributed by atoms with van der Waals surface area (Å²) in [5.74, 6) is 2.46. The number of rotatable bonds is 1. The van der Waals surface area contributed by atoms with Gasteiger partial charge in [-0.1, -0.05) is 36.4 Å². The van der Waals surface area contributed by atoms with Crippen LogP contribution in [0.4, 0.5) is 0 Å². The first kappa shape index (κ1) is 12.1. The zero-order chi connectivity index (χ0) is 12.4. The predicted molar refractivity (Wildman–Crippen MR) is 81.2 cm³/mol. The third-order valence-corrected chi connectivity index (χ3v) is 4.73. The number of fused-ring (bicyclic) bond motifs is 1. The second kappa shape index (κ2) is 5.33. The third-order valence-electron chi connectivity index (χ3n) is 3.64. The summed E-state index contributed by atoms with van der Waals surface area (Å²) in [6.45, 7) is 2.29. The van der Waals surface area contributed by atoms with E-state index in [2.05, 4.69) is 66.5 Å². The molecule has 2 aromatic rings. The van der Waals surface area contributed by atoms with Crippen LogP contribution in [0.5, 0.6) is 0 Å². The monoisotopic (exact) mass is 257 g/mol. The summed E-state index contributed by atoms with van der Waals surface area (Å²) in [7, 11) is 0. The molecule has 2 unspecified atom stereocenters. The third kappa shape index (κ3) is 2.55. The minimum atomic E-state index is 0.497. The summed E-state index contributed by atoms with van der Waals surface area (Å²) >= 11 is 2.07. The van der Waals surface area contributed by atoms with Gasteiger partial charge in [0, 0.05) is 17.8 Å². The lowest BCUT2D eigenvalue weighted by atomic mass is 10.0. The Hall–Kier alpha value is -0.990. The van der Waals surface area contributed by atoms with Gasteiger partial charge in [0.2, 0.25) is 0 Å². The average Bonchev–Trinajstić information content (AvgIpc) is 2.63. The van der Waals surface area contributed by atoms with Crippen LogP contribution < -0.4 is 5.32 Å². The molecule has 2 aromatic carbocycles. The van der Waals surface area contributed by atoms with Gasteiger partial charge in [0.1, 0.15) is 0 Å². The number of nitrogens with one attached hydrogen (secondary N) is 1. The SMILES string of the molecule is CC1CCSCC(c2ccc3ccccc3c2)N1. The first-order valence-electron chi connectivity index (χ1n) is 6.65. The molecule has 0 spiro atoms. The number of hydrogen-bond acceptors (Lipinski definition) is 2. The Balaban J connectivity index is 1.92. The fourth-order valence-electron chi connectivity index (χ4n) is 2.55. The molecule has 0 aromatic heterocycles. The van der Waals surface area contributed by atoms with Crippen LogP contribution in [0, 0.1) is 0 Å². The van der Waals surface area contributed by atoms with Crippen LogP contribution in [0.3, 0.4) is 0 Å². The van der Waals surface area contributed by atoms with Gasteiger partial charge >= 0.3 is 0 Å². The highest BCUT2D eigenvalue weighted by Crippen LogP contribution is 2.26. The second-order valence-electron chi connectivity index (χ2n) is 5.09. The Bertz CT molecular complexity index is 537. The van der Waals surface area contributed by atoms with Crippen molar-refractivity contribution in [1.29, 1.82) is 0 Å². The Morgan fingerprint density at radius 2 is 1.94 bits per heavy atom. The van der Waals surface area contributed by atoms with Gasteiger partial charge in [-0.3, -0.25) is 0 Å². The molecule has 94 valence electrons. The molecule has 1 N–H and O–H groups in total. The van der Waals surface area contributed by atoms with Gasteiger partial charge in [-0.25, -0.2) is 0 Å². The predicted octanol–water partition coefficient (Wildman–Crippen LogP) is 4.00. The first-order valence-corrected chi connectivity index (χ1v) is 7.81. The van der Waals surface area contributed by atoms with Gasteiger partial charge in [-0.15, -0.1) is 0 Å². The van der Waals surface area contributed by atoms with Crippen LogP contribution in [0.1, 0.15) is 24.9 Å². The van der Waals surface area contributed by atoms with Crippen molar-refractivity contribution in [3.63, 3.8) is 0 Å². The molecule has 0 bridgehead atoms. The van der Waals surface area contributed by atoms with Gasteiger partial charge in [-0.2, -0.15) is 11.8 Å². The standard InChI is InChI=1S/C16H19NS/c1-12-8-9-18-11-16(17-12)15-7-6-13-4-2-3-5-14(13)10-15/h2-7,10,12,16-17H,8-9,11H2,1H3. The summed E-state index contributed by atoms with van der Waals surface area (Å²) in [5.41, 5.74) is 1.43. The van der Waals surface area contributed by atoms with Crippen molar-refractivity contribution in [2.45, 2.75) is 25.4 Å². The molecule has 2 atom stereocenters. The summed E-state index contributed by atoms with van der Waals surface area (Å²) in [4.78, 5) is 0. The van der Waals surface area contributed by atoms with Gasteiger partial charge in [0.05, 0.1) is 0 Å². The maximum Gasteiger partial charge on any atom is 0.0414 e. The Kier molecular flexibility index (Phi) is 3.57. The zero-order valence-corrected chi connectivity index (χ0v) is 11.5. The lowest BCUT2D eigenvalue weighted by molar-refractivity contribution is 0.485. The van der Waals surface area contributed by atoms with Crippen LogP contribution in [-0.2, 0) is 0 Å². The van der Waals surface area contributed by atoms with Crippen molar-refractivity contribution < 1.29 is 0 Å². The molecule has 2 heteroatoms. The van der Waals surface area contributed by atoms with Crippen LogP contribution >= 0.6 is 11.8 Å². The minimum absolute atomic E-state index is 0.497. The Labute approximate surface area is 113 Å². The van der Waals surface area contributed by atoms with E-state index in [1.165, 1.54) is 34.3 Å². The highest BCUT2D eigenvalue weighted by atomic mass is 32.2. The molecule has 0 amide bonds. The second-order valence-corrected chi connectivity index (χ2v) is 6.24. The van der Waals surface area contributed by atoms with Crippen molar-refractivity contribution in [3.05, 3.63) is 48.0 Å². The maximum absolute atomic E-state index is 3.74. The molecule has 1 fully saturated rings. The van der Waals surface area contributed by atoms with Gasteiger partial charge in [0.15, 0.2) is 0 Å². The van der Waals surface area contributed by atoms with Gasteiger partial charge < -0.3 is 5.32 Å². The summed E-state index contributed by atoms with van der Waals surface area (Å²) in [6, 6.07) is 16.6. The lowest BCUT2D eigenvalue weighted by Crippen LogP contribution is -2.30.